The number of ether oxygens (including phenoxy) is 1. The van der Waals surface area contributed by atoms with Crippen molar-refractivity contribution in [3.05, 3.63) is 24.4 Å². The molecular formula is C6H4N4O2. The highest BCUT2D eigenvalue weighted by Gasteiger charge is 2.31. The number of hydrogen-bond acceptors (Lipinski definition) is 6. The maximum atomic E-state index is 5.05. The summed E-state index contributed by atoms with van der Waals surface area (Å²) < 4.78 is 5.05. The van der Waals surface area contributed by atoms with E-state index in [9.17, 15) is 0 Å². The quantitative estimate of drug-likeness (QED) is 0.540. The van der Waals surface area contributed by atoms with E-state index in [1.165, 1.54) is 6.26 Å². The molecule has 0 spiro atoms. The molecule has 0 amide bonds. The second-order valence-corrected chi connectivity index (χ2v) is 2.34. The number of amidine groups is 2. The van der Waals surface area contributed by atoms with Crippen LogP contribution in [0.5, 0.6) is 0 Å². The smallest absolute Gasteiger partial charge is 0.307 e. The Hall–Kier alpha value is -1.98. The molecule has 12 heavy (non-hydrogen) atoms. The molecule has 0 fully saturated rings. The van der Waals surface area contributed by atoms with Gasteiger partial charge in [-0.05, 0) is 5.16 Å². The molecule has 3 aliphatic heterocycles. The lowest BCUT2D eigenvalue weighted by Gasteiger charge is -2.15. The highest BCUT2D eigenvalue weighted by Crippen LogP contribution is 2.18. The van der Waals surface area contributed by atoms with Crippen molar-refractivity contribution in [2.45, 2.75) is 0 Å². The van der Waals surface area contributed by atoms with E-state index in [0.717, 1.165) is 5.70 Å². The molecule has 0 aromatic rings. The first-order chi connectivity index (χ1) is 5.95. The van der Waals surface area contributed by atoms with Gasteiger partial charge >= 0.3 is 6.02 Å². The van der Waals surface area contributed by atoms with Crippen LogP contribution < -0.4 is 5.48 Å². The molecule has 0 aromatic heterocycles. The molecule has 0 saturated carbocycles. The molecule has 6 nitrogen and oxygen atoms in total. The lowest BCUT2D eigenvalue weighted by molar-refractivity contribution is 0.0902. The zero-order valence-electron chi connectivity index (χ0n) is 5.89. The summed E-state index contributed by atoms with van der Waals surface area (Å²) in [6, 6.07) is 0.491. The van der Waals surface area contributed by atoms with Crippen molar-refractivity contribution in [1.29, 1.82) is 0 Å². The van der Waals surface area contributed by atoms with Gasteiger partial charge < -0.3 is 4.74 Å². The average molecular weight is 164 g/mol. The molecule has 0 aliphatic carbocycles. The van der Waals surface area contributed by atoms with Gasteiger partial charge in [0, 0.05) is 0 Å². The average Bonchev–Trinajstić information content (AvgIpc) is 2.71. The molecule has 1 N–H and O–H groups in total. The lowest BCUT2D eigenvalue weighted by Crippen LogP contribution is -2.33. The summed E-state index contributed by atoms with van der Waals surface area (Å²) in [7, 11) is 0. The maximum Gasteiger partial charge on any atom is 0.307 e. The third kappa shape index (κ3) is 0.541. The van der Waals surface area contributed by atoms with E-state index in [-0.39, 0.29) is 0 Å². The predicted molar refractivity (Wildman–Crippen MR) is 39.2 cm³/mol. The first kappa shape index (κ1) is 5.64. The second-order valence-electron chi connectivity index (χ2n) is 2.34. The summed E-state index contributed by atoms with van der Waals surface area (Å²) in [5.74, 6) is 0.661. The molecule has 6 heteroatoms. The highest BCUT2D eigenvalue weighted by molar-refractivity contribution is 6.10. The molecule has 0 radical (unpaired) electrons. The van der Waals surface area contributed by atoms with E-state index in [0.29, 0.717) is 11.9 Å². The van der Waals surface area contributed by atoms with Crippen LogP contribution in [0, 0.1) is 0 Å². The highest BCUT2D eigenvalue weighted by atomic mass is 16.8. The normalized spacial score (nSPS) is 22.7. The van der Waals surface area contributed by atoms with Crippen LogP contribution in [-0.2, 0) is 9.68 Å². The molecule has 0 unspecified atom stereocenters. The van der Waals surface area contributed by atoms with Crippen molar-refractivity contribution in [2.24, 2.45) is 10.1 Å². The van der Waals surface area contributed by atoms with Gasteiger partial charge in [-0.25, -0.2) is 9.89 Å². The largest absolute Gasteiger partial charge is 0.432 e. The molecule has 60 valence electrons. The number of rotatable bonds is 0. The molecule has 3 heterocycles. The number of aliphatic imine (C=N–C) groups is 1. The van der Waals surface area contributed by atoms with Crippen LogP contribution in [0.3, 0.4) is 0 Å². The van der Waals surface area contributed by atoms with Crippen molar-refractivity contribution in [3.63, 3.8) is 0 Å². The van der Waals surface area contributed by atoms with Crippen LogP contribution in [-0.4, -0.2) is 16.8 Å². The minimum atomic E-state index is 0.491. The summed E-state index contributed by atoms with van der Waals surface area (Å²) in [5, 5.41) is 3.75. The fourth-order valence-electron chi connectivity index (χ4n) is 1.11. The Labute approximate surface area is 67.4 Å². The van der Waals surface area contributed by atoms with E-state index < -0.39 is 0 Å². The molecule has 0 saturated heterocycles. The predicted octanol–water partition coefficient (Wildman–Crippen LogP) is -0.151. The third-order valence-electron chi connectivity index (χ3n) is 1.65. The first-order valence-electron chi connectivity index (χ1n) is 3.36. The molecule has 3 rings (SSSR count). The van der Waals surface area contributed by atoms with Gasteiger partial charge in [-0.1, -0.05) is 0 Å². The van der Waals surface area contributed by atoms with Crippen molar-refractivity contribution < 1.29 is 9.68 Å². The number of hydroxylamine groups is 1. The summed E-state index contributed by atoms with van der Waals surface area (Å²) in [5.41, 5.74) is 3.32. The van der Waals surface area contributed by atoms with Crippen molar-refractivity contribution in [3.8, 4) is 0 Å². The van der Waals surface area contributed by atoms with Crippen molar-refractivity contribution in [1.82, 2.24) is 10.4 Å². The Morgan fingerprint density at radius 3 is 3.50 bits per heavy atom. The fourth-order valence-corrected chi connectivity index (χ4v) is 1.11. The first-order valence-corrected chi connectivity index (χ1v) is 3.36. The van der Waals surface area contributed by atoms with Gasteiger partial charge in [0.1, 0.15) is 12.0 Å². The van der Waals surface area contributed by atoms with Crippen LogP contribution in [0.1, 0.15) is 0 Å². The Kier molecular flexibility index (Phi) is 0.840. The minimum Gasteiger partial charge on any atom is -0.432 e. The zero-order valence-corrected chi connectivity index (χ0v) is 5.89. The van der Waals surface area contributed by atoms with Crippen LogP contribution in [0.15, 0.2) is 34.5 Å². The lowest BCUT2D eigenvalue weighted by atomic mass is 10.4. The molecular weight excluding hydrogens is 160 g/mol. The van der Waals surface area contributed by atoms with Gasteiger partial charge in [-0.3, -0.25) is 4.94 Å². The number of fused-ring (bicyclic) bond motifs is 3. The molecule has 0 bridgehead atoms. The van der Waals surface area contributed by atoms with Gasteiger partial charge in [0.15, 0.2) is 0 Å². The molecule has 0 atom stereocenters. The summed E-state index contributed by atoms with van der Waals surface area (Å²) in [6.07, 6.45) is 4.86. The monoisotopic (exact) mass is 164 g/mol. The number of nitrogens with one attached hydrogen (secondary N) is 1. The Bertz CT molecular complexity index is 355. The van der Waals surface area contributed by atoms with Crippen molar-refractivity contribution >= 4 is 11.9 Å². The topological polar surface area (TPSA) is 58.5 Å². The van der Waals surface area contributed by atoms with E-state index in [2.05, 4.69) is 20.6 Å². The van der Waals surface area contributed by atoms with E-state index in [1.54, 1.807) is 17.3 Å². The van der Waals surface area contributed by atoms with Crippen LogP contribution in [0.25, 0.3) is 0 Å². The standard InChI is InChI=1S/C6H4N4O2/c1-2-11-6-7-3-4-5(10(1)6)9-12-8-4/h1-3,8H. The zero-order chi connectivity index (χ0) is 7.97. The number of oxime groups is 1. The Balaban J connectivity index is 2.12. The van der Waals surface area contributed by atoms with Crippen molar-refractivity contribution in [2.75, 3.05) is 0 Å². The van der Waals surface area contributed by atoms with Gasteiger partial charge in [0.2, 0.25) is 5.84 Å². The minimum absolute atomic E-state index is 0.491. The second kappa shape index (κ2) is 1.79. The van der Waals surface area contributed by atoms with Gasteiger partial charge in [0.05, 0.1) is 12.4 Å². The third-order valence-corrected chi connectivity index (χ3v) is 1.65. The Morgan fingerprint density at radius 1 is 1.50 bits per heavy atom. The Morgan fingerprint density at radius 2 is 2.50 bits per heavy atom. The van der Waals surface area contributed by atoms with E-state index in [4.69, 9.17) is 4.74 Å². The van der Waals surface area contributed by atoms with Crippen LogP contribution >= 0.6 is 0 Å². The summed E-state index contributed by atoms with van der Waals surface area (Å²) in [6.45, 7) is 0. The molecule has 3 aliphatic rings. The van der Waals surface area contributed by atoms with Gasteiger partial charge in [-0.15, -0.1) is 0 Å². The SMILES string of the molecule is C1=CN2C(=NC=C3NON=C32)O1. The van der Waals surface area contributed by atoms with Gasteiger partial charge in [0.25, 0.3) is 0 Å². The number of hydrogen-bond donors (Lipinski definition) is 1. The number of nitrogens with zero attached hydrogens (tertiary/aromatic N) is 3. The fraction of sp³-hybridized carbons (Fsp3) is 0. The van der Waals surface area contributed by atoms with E-state index in [1.807, 2.05) is 0 Å². The molecule has 0 aromatic carbocycles. The van der Waals surface area contributed by atoms with E-state index >= 15 is 0 Å². The maximum absolute atomic E-state index is 5.05. The van der Waals surface area contributed by atoms with Crippen LogP contribution in [0.4, 0.5) is 0 Å². The summed E-state index contributed by atoms with van der Waals surface area (Å²) in [4.78, 5) is 10.4. The van der Waals surface area contributed by atoms with Crippen LogP contribution in [0.2, 0.25) is 0 Å². The summed E-state index contributed by atoms with van der Waals surface area (Å²) >= 11 is 0. The van der Waals surface area contributed by atoms with Gasteiger partial charge in [-0.2, -0.15) is 5.48 Å².